The SMILES string of the molecule is CC/C=C\C/C=C\C/C=C\C/C=C\C/C=C\CCCCCCCCCC(=O)OC(COC(=O)CCCCCCC/C=C\CCCCCCCC)COC(=O)CCCCCCCCCCCCCCCC/C=C\C/C=C\C/C=C\C/C=C\CC. The second-order valence-electron chi connectivity index (χ2n) is 23.0. The van der Waals surface area contributed by atoms with E-state index in [2.05, 4.69) is 142 Å². The van der Waals surface area contributed by atoms with E-state index < -0.39 is 6.10 Å². The van der Waals surface area contributed by atoms with Crippen molar-refractivity contribution in [2.24, 2.45) is 0 Å². The molecule has 0 saturated carbocycles. The Labute approximate surface area is 513 Å². The van der Waals surface area contributed by atoms with Crippen molar-refractivity contribution >= 4 is 17.9 Å². The van der Waals surface area contributed by atoms with Gasteiger partial charge >= 0.3 is 17.9 Å². The van der Waals surface area contributed by atoms with Crippen LogP contribution in [0, 0.1) is 0 Å². The second-order valence-corrected chi connectivity index (χ2v) is 23.0. The molecule has 0 aromatic carbocycles. The molecule has 6 heteroatoms. The van der Waals surface area contributed by atoms with Gasteiger partial charge in [0.15, 0.2) is 6.10 Å². The van der Waals surface area contributed by atoms with Crippen LogP contribution in [0.4, 0.5) is 0 Å². The zero-order chi connectivity index (χ0) is 59.9. The summed E-state index contributed by atoms with van der Waals surface area (Å²) in [6, 6.07) is 0. The minimum atomic E-state index is -0.792. The molecule has 0 aliphatic carbocycles. The first-order valence-corrected chi connectivity index (χ1v) is 35.0. The Morgan fingerprint density at radius 3 is 0.747 bits per heavy atom. The first-order valence-electron chi connectivity index (χ1n) is 35.0. The van der Waals surface area contributed by atoms with Crippen LogP contribution in [0.25, 0.3) is 0 Å². The molecule has 0 radical (unpaired) electrons. The smallest absolute Gasteiger partial charge is 0.306 e. The van der Waals surface area contributed by atoms with Gasteiger partial charge in [0.1, 0.15) is 13.2 Å². The molecule has 0 fully saturated rings. The number of esters is 3. The Kier molecular flexibility index (Phi) is 66.7. The van der Waals surface area contributed by atoms with Crippen LogP contribution in [0.5, 0.6) is 0 Å². The summed E-state index contributed by atoms with van der Waals surface area (Å²) in [5.41, 5.74) is 0. The molecule has 1 atom stereocenters. The van der Waals surface area contributed by atoms with Gasteiger partial charge in [-0.3, -0.25) is 14.4 Å². The number of hydrogen-bond acceptors (Lipinski definition) is 6. The average molecular weight is 1150 g/mol. The van der Waals surface area contributed by atoms with E-state index in [0.29, 0.717) is 19.3 Å². The van der Waals surface area contributed by atoms with Crippen molar-refractivity contribution < 1.29 is 28.6 Å². The Balaban J connectivity index is 4.35. The van der Waals surface area contributed by atoms with Crippen LogP contribution in [0.3, 0.4) is 0 Å². The Morgan fingerprint density at radius 2 is 0.470 bits per heavy atom. The Bertz CT molecular complexity index is 1700. The number of carbonyl (C=O) groups excluding carboxylic acids is 3. The quantitative estimate of drug-likeness (QED) is 0.0261. The third kappa shape index (κ3) is 68.5. The summed E-state index contributed by atoms with van der Waals surface area (Å²) >= 11 is 0. The molecule has 83 heavy (non-hydrogen) atoms. The molecule has 0 heterocycles. The molecule has 0 aliphatic heterocycles. The molecule has 0 aliphatic rings. The number of ether oxygens (including phenoxy) is 3. The number of carbonyl (C=O) groups is 3. The fraction of sp³-hybridized carbons (Fsp3) is 0.701. The minimum Gasteiger partial charge on any atom is -0.462 e. The van der Waals surface area contributed by atoms with E-state index in [-0.39, 0.29) is 31.1 Å². The highest BCUT2D eigenvalue weighted by atomic mass is 16.6. The Hall–Kier alpha value is -4.19. The summed E-state index contributed by atoms with van der Waals surface area (Å²) in [5, 5.41) is 0. The van der Waals surface area contributed by atoms with Crippen LogP contribution in [0.2, 0.25) is 0 Å². The van der Waals surface area contributed by atoms with Gasteiger partial charge in [0, 0.05) is 19.3 Å². The molecular formula is C77H130O6. The van der Waals surface area contributed by atoms with Gasteiger partial charge in [-0.2, -0.15) is 0 Å². The standard InChI is InChI=1S/C77H130O6/c1-4-7-10-13-16-19-22-25-28-30-32-34-36-37-38-39-41-42-44-46-49-52-55-58-61-64-67-70-76(79)82-73-74(72-81-75(78)69-66-63-60-57-54-51-48-27-24-21-18-15-12-9-6-3)83-77(80)71-68-65-62-59-56-53-50-47-45-43-40-35-33-31-29-26-23-20-17-14-11-8-5-2/h7-8,10-11,16-17,19-20,25-29,32-35,43,45,48,74H,4-6,9,12-15,18,21-24,30-31,36-42,44,46-47,49-73H2,1-3H3/b10-7-,11-8-,19-16-,20-17-,28-25-,29-26-,34-32-,35-33-,45-43-,48-27-. The van der Waals surface area contributed by atoms with Gasteiger partial charge in [0.2, 0.25) is 0 Å². The van der Waals surface area contributed by atoms with Gasteiger partial charge in [-0.1, -0.05) is 303 Å². The molecular weight excluding hydrogens is 1020 g/mol. The molecule has 0 aromatic heterocycles. The van der Waals surface area contributed by atoms with Crippen LogP contribution < -0.4 is 0 Å². The monoisotopic (exact) mass is 1150 g/mol. The first kappa shape index (κ1) is 78.8. The van der Waals surface area contributed by atoms with Crippen LogP contribution >= 0.6 is 0 Å². The van der Waals surface area contributed by atoms with Crippen molar-refractivity contribution in [3.8, 4) is 0 Å². The van der Waals surface area contributed by atoms with Crippen LogP contribution in [-0.2, 0) is 28.6 Å². The number of rotatable bonds is 63. The third-order valence-electron chi connectivity index (χ3n) is 14.9. The molecule has 0 spiro atoms. The summed E-state index contributed by atoms with van der Waals surface area (Å²) in [4.78, 5) is 38.5. The van der Waals surface area contributed by atoms with Crippen molar-refractivity contribution in [1.82, 2.24) is 0 Å². The van der Waals surface area contributed by atoms with Gasteiger partial charge < -0.3 is 14.2 Å². The summed E-state index contributed by atoms with van der Waals surface area (Å²) in [6.45, 7) is 6.42. The maximum Gasteiger partial charge on any atom is 0.306 e. The molecule has 0 saturated heterocycles. The van der Waals surface area contributed by atoms with E-state index in [9.17, 15) is 14.4 Å². The highest BCUT2D eigenvalue weighted by Gasteiger charge is 2.19. The van der Waals surface area contributed by atoms with E-state index in [1.54, 1.807) is 0 Å². The van der Waals surface area contributed by atoms with E-state index in [1.165, 1.54) is 161 Å². The summed E-state index contributed by atoms with van der Waals surface area (Å²) in [5.74, 6) is -0.895. The van der Waals surface area contributed by atoms with Gasteiger partial charge in [-0.25, -0.2) is 0 Å². The van der Waals surface area contributed by atoms with Crippen molar-refractivity contribution in [1.29, 1.82) is 0 Å². The lowest BCUT2D eigenvalue weighted by Gasteiger charge is -2.18. The van der Waals surface area contributed by atoms with E-state index in [4.69, 9.17) is 14.2 Å². The highest BCUT2D eigenvalue weighted by Crippen LogP contribution is 2.17. The molecule has 1 unspecified atom stereocenters. The van der Waals surface area contributed by atoms with Crippen LogP contribution in [0.15, 0.2) is 122 Å². The number of unbranched alkanes of at least 4 members (excludes halogenated alkanes) is 32. The van der Waals surface area contributed by atoms with Gasteiger partial charge in [0.25, 0.3) is 0 Å². The molecule has 474 valence electrons. The fourth-order valence-corrected chi connectivity index (χ4v) is 9.75. The van der Waals surface area contributed by atoms with Crippen LogP contribution in [-0.4, -0.2) is 37.2 Å². The first-order chi connectivity index (χ1) is 41.0. The molecule has 0 aromatic rings. The van der Waals surface area contributed by atoms with Crippen molar-refractivity contribution in [3.63, 3.8) is 0 Å². The highest BCUT2D eigenvalue weighted by molar-refractivity contribution is 5.71. The molecule has 0 N–H and O–H groups in total. The predicted molar refractivity (Wildman–Crippen MR) is 362 cm³/mol. The average Bonchev–Trinajstić information content (AvgIpc) is 3.49. The summed E-state index contributed by atoms with van der Waals surface area (Å²) in [6.07, 6.45) is 97.9. The van der Waals surface area contributed by atoms with Crippen molar-refractivity contribution in [2.75, 3.05) is 13.2 Å². The topological polar surface area (TPSA) is 78.9 Å². The molecule has 0 amide bonds. The lowest BCUT2D eigenvalue weighted by molar-refractivity contribution is -0.167. The zero-order valence-corrected chi connectivity index (χ0v) is 54.4. The number of hydrogen-bond donors (Lipinski definition) is 0. The van der Waals surface area contributed by atoms with Gasteiger partial charge in [0.05, 0.1) is 0 Å². The molecule has 6 nitrogen and oxygen atoms in total. The van der Waals surface area contributed by atoms with Gasteiger partial charge in [-0.05, 0) is 128 Å². The second kappa shape index (κ2) is 70.3. The van der Waals surface area contributed by atoms with E-state index in [1.807, 2.05) is 0 Å². The molecule has 0 bridgehead atoms. The van der Waals surface area contributed by atoms with Crippen molar-refractivity contribution in [2.45, 2.75) is 335 Å². The third-order valence-corrected chi connectivity index (χ3v) is 14.9. The van der Waals surface area contributed by atoms with E-state index >= 15 is 0 Å². The maximum absolute atomic E-state index is 13.0. The van der Waals surface area contributed by atoms with Crippen LogP contribution in [0.1, 0.15) is 329 Å². The Morgan fingerprint density at radius 1 is 0.253 bits per heavy atom. The molecule has 0 rings (SSSR count). The minimum absolute atomic E-state index is 0.0858. The summed E-state index contributed by atoms with van der Waals surface area (Å²) < 4.78 is 17.0. The normalized spacial score (nSPS) is 12.9. The van der Waals surface area contributed by atoms with Crippen molar-refractivity contribution in [3.05, 3.63) is 122 Å². The zero-order valence-electron chi connectivity index (χ0n) is 54.4. The summed E-state index contributed by atoms with van der Waals surface area (Å²) in [7, 11) is 0. The maximum atomic E-state index is 13.0. The number of allylic oxidation sites excluding steroid dienone is 20. The largest absolute Gasteiger partial charge is 0.462 e. The lowest BCUT2D eigenvalue weighted by Crippen LogP contribution is -2.30. The lowest BCUT2D eigenvalue weighted by atomic mass is 10.0. The van der Waals surface area contributed by atoms with Gasteiger partial charge in [-0.15, -0.1) is 0 Å². The van der Waals surface area contributed by atoms with E-state index in [0.717, 1.165) is 128 Å². The fourth-order valence-electron chi connectivity index (χ4n) is 9.75. The predicted octanol–water partition coefficient (Wildman–Crippen LogP) is 24.3.